The van der Waals surface area contributed by atoms with Crippen molar-refractivity contribution in [1.29, 1.82) is 0 Å². The van der Waals surface area contributed by atoms with Crippen LogP contribution in [0.4, 0.5) is 0 Å². The topological polar surface area (TPSA) is 46.9 Å². The molecule has 0 saturated heterocycles. The molecule has 5 heteroatoms. The molecule has 4 nitrogen and oxygen atoms in total. The molecule has 1 N–H and O–H groups in total. The molecule has 3 rings (SSSR count). The lowest BCUT2D eigenvalue weighted by atomic mass is 10.3. The fraction of sp³-hybridized carbons (Fsp3) is 0.538. The molecule has 0 amide bonds. The van der Waals surface area contributed by atoms with E-state index in [2.05, 4.69) is 10.3 Å². The van der Waals surface area contributed by atoms with Gasteiger partial charge < -0.3 is 5.32 Å². The Labute approximate surface area is 110 Å². The molecule has 18 heavy (non-hydrogen) atoms. The van der Waals surface area contributed by atoms with E-state index >= 15 is 0 Å². The minimum atomic E-state index is 0.101. The maximum atomic E-state index is 12.2. The first-order valence-electron chi connectivity index (χ1n) is 6.42. The fourth-order valence-electron chi connectivity index (χ4n) is 2.06. The van der Waals surface area contributed by atoms with E-state index in [9.17, 15) is 4.79 Å². The zero-order valence-electron chi connectivity index (χ0n) is 10.5. The zero-order chi connectivity index (χ0) is 12.5. The maximum Gasteiger partial charge on any atom is 0.271 e. The summed E-state index contributed by atoms with van der Waals surface area (Å²) in [6.07, 6.45) is 5.28. The third-order valence-corrected chi connectivity index (χ3v) is 4.38. The Morgan fingerprint density at radius 2 is 2.39 bits per heavy atom. The molecule has 0 bridgehead atoms. The number of rotatable bonds is 5. The van der Waals surface area contributed by atoms with Gasteiger partial charge in [0.1, 0.15) is 4.70 Å². The molecule has 1 aliphatic rings. The molecule has 0 unspecified atom stereocenters. The van der Waals surface area contributed by atoms with Crippen molar-refractivity contribution in [3.8, 4) is 0 Å². The molecule has 1 aliphatic carbocycles. The van der Waals surface area contributed by atoms with Gasteiger partial charge in [-0.05, 0) is 43.7 Å². The van der Waals surface area contributed by atoms with E-state index in [0.29, 0.717) is 0 Å². The Morgan fingerprint density at radius 1 is 1.56 bits per heavy atom. The Bertz CT molecular complexity index is 612. The van der Waals surface area contributed by atoms with Gasteiger partial charge in [-0.3, -0.25) is 9.36 Å². The zero-order valence-corrected chi connectivity index (χ0v) is 11.3. The van der Waals surface area contributed by atoms with E-state index in [0.717, 1.165) is 41.3 Å². The summed E-state index contributed by atoms with van der Waals surface area (Å²) in [7, 11) is 0. The Balaban J connectivity index is 1.71. The SMILES string of the molecule is Cc1csc2c(=O)n(CCCNC3CC3)cnc12. The van der Waals surface area contributed by atoms with Crippen molar-refractivity contribution in [3.05, 3.63) is 27.6 Å². The van der Waals surface area contributed by atoms with Crippen molar-refractivity contribution in [3.63, 3.8) is 0 Å². The van der Waals surface area contributed by atoms with Crippen LogP contribution in [0.3, 0.4) is 0 Å². The fourth-order valence-corrected chi connectivity index (χ4v) is 3.01. The highest BCUT2D eigenvalue weighted by Crippen LogP contribution is 2.19. The lowest BCUT2D eigenvalue weighted by Gasteiger charge is -2.05. The lowest BCUT2D eigenvalue weighted by Crippen LogP contribution is -2.24. The summed E-state index contributed by atoms with van der Waals surface area (Å²) in [4.78, 5) is 16.6. The van der Waals surface area contributed by atoms with Crippen molar-refractivity contribution in [2.24, 2.45) is 0 Å². The minimum Gasteiger partial charge on any atom is -0.314 e. The van der Waals surface area contributed by atoms with Gasteiger partial charge in [0.25, 0.3) is 5.56 Å². The number of aromatic nitrogens is 2. The van der Waals surface area contributed by atoms with Crippen LogP contribution in [0.15, 0.2) is 16.5 Å². The number of fused-ring (bicyclic) bond motifs is 1. The van der Waals surface area contributed by atoms with Gasteiger partial charge in [-0.2, -0.15) is 0 Å². The van der Waals surface area contributed by atoms with E-state index in [1.165, 1.54) is 24.2 Å². The highest BCUT2D eigenvalue weighted by atomic mass is 32.1. The maximum absolute atomic E-state index is 12.2. The van der Waals surface area contributed by atoms with Gasteiger partial charge in [-0.15, -0.1) is 11.3 Å². The third-order valence-electron chi connectivity index (χ3n) is 3.31. The van der Waals surface area contributed by atoms with Gasteiger partial charge in [0.05, 0.1) is 11.8 Å². The Morgan fingerprint density at radius 3 is 3.17 bits per heavy atom. The van der Waals surface area contributed by atoms with Crippen LogP contribution in [0.2, 0.25) is 0 Å². The molecule has 0 radical (unpaired) electrons. The molecule has 0 aliphatic heterocycles. The number of aryl methyl sites for hydroxylation is 2. The number of hydrogen-bond acceptors (Lipinski definition) is 4. The monoisotopic (exact) mass is 263 g/mol. The van der Waals surface area contributed by atoms with Crippen LogP contribution in [0.5, 0.6) is 0 Å². The lowest BCUT2D eigenvalue weighted by molar-refractivity contribution is 0.566. The highest BCUT2D eigenvalue weighted by Gasteiger charge is 2.19. The predicted octanol–water partition coefficient (Wildman–Crippen LogP) is 1.91. The number of hydrogen-bond donors (Lipinski definition) is 1. The molecule has 2 aromatic rings. The standard InChI is InChI=1S/C13H17N3OS/c1-9-7-18-12-11(9)15-8-16(13(12)17)6-2-5-14-10-3-4-10/h7-8,10,14H,2-6H2,1H3. The van der Waals surface area contributed by atoms with Crippen LogP contribution >= 0.6 is 11.3 Å². The van der Waals surface area contributed by atoms with Gasteiger partial charge in [-0.1, -0.05) is 0 Å². The first-order chi connectivity index (χ1) is 8.75. The van der Waals surface area contributed by atoms with Crippen molar-refractivity contribution in [1.82, 2.24) is 14.9 Å². The average molecular weight is 263 g/mol. The van der Waals surface area contributed by atoms with Crippen molar-refractivity contribution < 1.29 is 0 Å². The molecule has 0 aromatic carbocycles. The molecular weight excluding hydrogens is 246 g/mol. The van der Waals surface area contributed by atoms with E-state index in [1.807, 2.05) is 12.3 Å². The average Bonchev–Trinajstić information content (AvgIpc) is 3.11. The van der Waals surface area contributed by atoms with E-state index in [1.54, 1.807) is 10.9 Å². The molecule has 1 saturated carbocycles. The number of nitrogens with one attached hydrogen (secondary N) is 1. The van der Waals surface area contributed by atoms with Crippen molar-refractivity contribution >= 4 is 21.6 Å². The van der Waals surface area contributed by atoms with Gasteiger partial charge in [-0.25, -0.2) is 4.98 Å². The quantitative estimate of drug-likeness (QED) is 0.838. The van der Waals surface area contributed by atoms with Crippen LogP contribution in [-0.4, -0.2) is 22.1 Å². The van der Waals surface area contributed by atoms with Crippen LogP contribution in [0.25, 0.3) is 10.2 Å². The molecule has 2 heterocycles. The van der Waals surface area contributed by atoms with Crippen LogP contribution in [-0.2, 0) is 6.54 Å². The number of nitrogens with zero attached hydrogens (tertiary/aromatic N) is 2. The summed E-state index contributed by atoms with van der Waals surface area (Å²) in [6.45, 7) is 3.73. The molecular formula is C13H17N3OS. The van der Waals surface area contributed by atoms with E-state index in [-0.39, 0.29) is 5.56 Å². The smallest absolute Gasteiger partial charge is 0.271 e. The van der Waals surface area contributed by atoms with Gasteiger partial charge in [0.15, 0.2) is 0 Å². The Hall–Kier alpha value is -1.20. The second kappa shape index (κ2) is 4.82. The number of thiophene rings is 1. The summed E-state index contributed by atoms with van der Waals surface area (Å²) in [6, 6.07) is 0.738. The predicted molar refractivity (Wildman–Crippen MR) is 74.3 cm³/mol. The second-order valence-corrected chi connectivity index (χ2v) is 5.80. The normalized spacial score (nSPS) is 15.4. The summed E-state index contributed by atoms with van der Waals surface area (Å²) in [5, 5.41) is 5.45. The summed E-state index contributed by atoms with van der Waals surface area (Å²) in [5.74, 6) is 0. The summed E-state index contributed by atoms with van der Waals surface area (Å²) in [5.41, 5.74) is 2.05. The molecule has 0 atom stereocenters. The minimum absolute atomic E-state index is 0.101. The van der Waals surface area contributed by atoms with Crippen molar-refractivity contribution in [2.75, 3.05) is 6.54 Å². The molecule has 96 valence electrons. The molecule has 1 fully saturated rings. The summed E-state index contributed by atoms with van der Waals surface area (Å²) < 4.78 is 2.51. The van der Waals surface area contributed by atoms with Crippen LogP contribution in [0.1, 0.15) is 24.8 Å². The highest BCUT2D eigenvalue weighted by molar-refractivity contribution is 7.17. The first kappa shape index (κ1) is 11.9. The van der Waals surface area contributed by atoms with Crippen molar-refractivity contribution in [2.45, 2.75) is 38.8 Å². The second-order valence-electron chi connectivity index (χ2n) is 4.92. The van der Waals surface area contributed by atoms with Gasteiger partial charge in [0, 0.05) is 12.6 Å². The third kappa shape index (κ3) is 2.33. The van der Waals surface area contributed by atoms with E-state index < -0.39 is 0 Å². The van der Waals surface area contributed by atoms with Crippen LogP contribution < -0.4 is 10.9 Å². The van der Waals surface area contributed by atoms with Crippen LogP contribution in [0, 0.1) is 6.92 Å². The molecule has 0 spiro atoms. The molecule has 2 aromatic heterocycles. The van der Waals surface area contributed by atoms with E-state index in [4.69, 9.17) is 0 Å². The first-order valence-corrected chi connectivity index (χ1v) is 7.30. The van der Waals surface area contributed by atoms with Gasteiger partial charge >= 0.3 is 0 Å². The Kier molecular flexibility index (Phi) is 3.18. The summed E-state index contributed by atoms with van der Waals surface area (Å²) >= 11 is 1.50. The largest absolute Gasteiger partial charge is 0.314 e. The van der Waals surface area contributed by atoms with Gasteiger partial charge in [0.2, 0.25) is 0 Å².